The van der Waals surface area contributed by atoms with Crippen molar-refractivity contribution in [2.45, 2.75) is 18.9 Å². The van der Waals surface area contributed by atoms with Crippen LogP contribution in [0.4, 0.5) is 0 Å². The SMILES string of the molecule is O=C(NC1CC1)c1cn[nH]c1-c1ccc2c(c1)OCCO2. The van der Waals surface area contributed by atoms with Crippen LogP contribution >= 0.6 is 0 Å². The summed E-state index contributed by atoms with van der Waals surface area (Å²) in [7, 11) is 0. The minimum Gasteiger partial charge on any atom is -0.486 e. The van der Waals surface area contributed by atoms with Gasteiger partial charge in [0.15, 0.2) is 11.5 Å². The maximum atomic E-state index is 12.2. The fourth-order valence-electron chi connectivity index (χ4n) is 2.37. The highest BCUT2D eigenvalue weighted by molar-refractivity contribution is 6.00. The number of aromatic amines is 1. The Kier molecular flexibility index (Phi) is 2.80. The highest BCUT2D eigenvalue weighted by atomic mass is 16.6. The first-order chi connectivity index (χ1) is 10.3. The molecule has 0 saturated heterocycles. The molecule has 1 aliphatic heterocycles. The van der Waals surface area contributed by atoms with Crippen LogP contribution in [-0.2, 0) is 0 Å². The Hall–Kier alpha value is -2.50. The Labute approximate surface area is 121 Å². The summed E-state index contributed by atoms with van der Waals surface area (Å²) in [5, 5.41) is 9.87. The van der Waals surface area contributed by atoms with Crippen LogP contribution in [0.3, 0.4) is 0 Å². The number of carbonyl (C=O) groups excluding carboxylic acids is 1. The Morgan fingerprint density at radius 3 is 2.86 bits per heavy atom. The molecule has 1 aromatic heterocycles. The molecule has 21 heavy (non-hydrogen) atoms. The van der Waals surface area contributed by atoms with Gasteiger partial charge < -0.3 is 14.8 Å². The normalized spacial score (nSPS) is 16.6. The van der Waals surface area contributed by atoms with Crippen LogP contribution in [0.15, 0.2) is 24.4 Å². The Morgan fingerprint density at radius 1 is 1.24 bits per heavy atom. The van der Waals surface area contributed by atoms with Gasteiger partial charge in [0.05, 0.1) is 17.5 Å². The summed E-state index contributed by atoms with van der Waals surface area (Å²) in [6.45, 7) is 1.10. The first-order valence-corrected chi connectivity index (χ1v) is 7.05. The van der Waals surface area contributed by atoms with Crippen molar-refractivity contribution in [3.8, 4) is 22.8 Å². The molecular weight excluding hydrogens is 270 g/mol. The molecule has 6 nitrogen and oxygen atoms in total. The van der Waals surface area contributed by atoms with Gasteiger partial charge in [0, 0.05) is 11.6 Å². The summed E-state index contributed by atoms with van der Waals surface area (Å²) in [6, 6.07) is 5.94. The number of fused-ring (bicyclic) bond motifs is 1. The molecule has 2 heterocycles. The van der Waals surface area contributed by atoms with E-state index in [2.05, 4.69) is 15.5 Å². The van der Waals surface area contributed by atoms with E-state index >= 15 is 0 Å². The van der Waals surface area contributed by atoms with Gasteiger partial charge in [-0.05, 0) is 31.0 Å². The molecule has 0 atom stereocenters. The zero-order valence-electron chi connectivity index (χ0n) is 11.4. The zero-order valence-corrected chi connectivity index (χ0v) is 11.4. The van der Waals surface area contributed by atoms with Gasteiger partial charge in [0.1, 0.15) is 13.2 Å². The van der Waals surface area contributed by atoms with E-state index in [9.17, 15) is 4.79 Å². The van der Waals surface area contributed by atoms with Crippen molar-refractivity contribution in [3.63, 3.8) is 0 Å². The zero-order chi connectivity index (χ0) is 14.2. The van der Waals surface area contributed by atoms with E-state index in [0.29, 0.717) is 36.3 Å². The summed E-state index contributed by atoms with van der Waals surface area (Å²) in [6.07, 6.45) is 3.68. The molecule has 0 spiro atoms. The molecule has 1 saturated carbocycles. The number of nitrogens with zero attached hydrogens (tertiary/aromatic N) is 1. The molecular formula is C15H15N3O3. The van der Waals surface area contributed by atoms with Gasteiger partial charge in [-0.25, -0.2) is 0 Å². The molecule has 6 heteroatoms. The lowest BCUT2D eigenvalue weighted by Gasteiger charge is -2.18. The van der Waals surface area contributed by atoms with E-state index in [0.717, 1.165) is 24.2 Å². The number of H-pyrrole nitrogens is 1. The van der Waals surface area contributed by atoms with Gasteiger partial charge in [-0.15, -0.1) is 0 Å². The highest BCUT2D eigenvalue weighted by Crippen LogP contribution is 2.35. The van der Waals surface area contributed by atoms with Crippen LogP contribution < -0.4 is 14.8 Å². The third-order valence-electron chi connectivity index (χ3n) is 3.63. The fourth-order valence-corrected chi connectivity index (χ4v) is 2.37. The minimum absolute atomic E-state index is 0.0869. The quantitative estimate of drug-likeness (QED) is 0.900. The molecule has 2 aliphatic rings. The number of amides is 1. The van der Waals surface area contributed by atoms with Crippen molar-refractivity contribution in [2.24, 2.45) is 0 Å². The van der Waals surface area contributed by atoms with E-state index in [1.165, 1.54) is 0 Å². The molecule has 1 amide bonds. The van der Waals surface area contributed by atoms with Gasteiger partial charge in [-0.3, -0.25) is 9.89 Å². The summed E-state index contributed by atoms with van der Waals surface area (Å²) in [4.78, 5) is 12.2. The molecule has 4 rings (SSSR count). The molecule has 2 aromatic rings. The predicted molar refractivity (Wildman–Crippen MR) is 75.5 cm³/mol. The van der Waals surface area contributed by atoms with Gasteiger partial charge in [0.2, 0.25) is 0 Å². The van der Waals surface area contributed by atoms with Crippen molar-refractivity contribution in [1.29, 1.82) is 0 Å². The molecule has 0 bridgehead atoms. The molecule has 2 N–H and O–H groups in total. The third kappa shape index (κ3) is 2.33. The van der Waals surface area contributed by atoms with E-state index in [1.807, 2.05) is 18.2 Å². The van der Waals surface area contributed by atoms with Gasteiger partial charge in [0.25, 0.3) is 5.91 Å². The fraction of sp³-hybridized carbons (Fsp3) is 0.333. The van der Waals surface area contributed by atoms with Crippen molar-refractivity contribution in [2.75, 3.05) is 13.2 Å². The number of benzene rings is 1. The number of hydrogen-bond donors (Lipinski definition) is 2. The van der Waals surface area contributed by atoms with Crippen molar-refractivity contribution < 1.29 is 14.3 Å². The monoisotopic (exact) mass is 285 g/mol. The molecule has 1 fully saturated rings. The lowest BCUT2D eigenvalue weighted by atomic mass is 10.1. The lowest BCUT2D eigenvalue weighted by Crippen LogP contribution is -2.25. The topological polar surface area (TPSA) is 76.2 Å². The number of ether oxygens (including phenoxy) is 2. The smallest absolute Gasteiger partial charge is 0.255 e. The van der Waals surface area contributed by atoms with Gasteiger partial charge in [-0.2, -0.15) is 5.10 Å². The van der Waals surface area contributed by atoms with Gasteiger partial charge >= 0.3 is 0 Å². The van der Waals surface area contributed by atoms with E-state index in [1.54, 1.807) is 6.20 Å². The number of aromatic nitrogens is 2. The molecule has 1 aromatic carbocycles. The van der Waals surface area contributed by atoms with Crippen LogP contribution in [0.1, 0.15) is 23.2 Å². The van der Waals surface area contributed by atoms with E-state index < -0.39 is 0 Å². The van der Waals surface area contributed by atoms with Gasteiger partial charge in [-0.1, -0.05) is 0 Å². The number of hydrogen-bond acceptors (Lipinski definition) is 4. The number of rotatable bonds is 3. The second-order valence-electron chi connectivity index (χ2n) is 5.26. The van der Waals surface area contributed by atoms with Crippen LogP contribution in [0, 0.1) is 0 Å². The first-order valence-electron chi connectivity index (χ1n) is 7.05. The molecule has 1 aliphatic carbocycles. The second kappa shape index (κ2) is 4.80. The maximum Gasteiger partial charge on any atom is 0.255 e. The third-order valence-corrected chi connectivity index (χ3v) is 3.63. The second-order valence-corrected chi connectivity index (χ2v) is 5.26. The standard InChI is InChI=1S/C15H15N3O3/c19-15(17-10-2-3-10)11-8-16-18-14(11)9-1-4-12-13(7-9)21-6-5-20-12/h1,4,7-8,10H,2-3,5-6H2,(H,16,18)(H,17,19). The van der Waals surface area contributed by atoms with E-state index in [-0.39, 0.29) is 5.91 Å². The van der Waals surface area contributed by atoms with Crippen LogP contribution in [0.5, 0.6) is 11.5 Å². The highest BCUT2D eigenvalue weighted by Gasteiger charge is 2.26. The minimum atomic E-state index is -0.0869. The lowest BCUT2D eigenvalue weighted by molar-refractivity contribution is 0.0952. The largest absolute Gasteiger partial charge is 0.486 e. The van der Waals surface area contributed by atoms with Crippen molar-refractivity contribution in [1.82, 2.24) is 15.5 Å². The Morgan fingerprint density at radius 2 is 2.05 bits per heavy atom. The van der Waals surface area contributed by atoms with Crippen LogP contribution in [0.2, 0.25) is 0 Å². The Bertz CT molecular complexity index is 691. The average molecular weight is 285 g/mol. The van der Waals surface area contributed by atoms with Crippen molar-refractivity contribution in [3.05, 3.63) is 30.0 Å². The van der Waals surface area contributed by atoms with Crippen LogP contribution in [0.25, 0.3) is 11.3 Å². The van der Waals surface area contributed by atoms with Crippen molar-refractivity contribution >= 4 is 5.91 Å². The summed E-state index contributed by atoms with van der Waals surface area (Å²) >= 11 is 0. The summed E-state index contributed by atoms with van der Waals surface area (Å²) < 4.78 is 11.1. The summed E-state index contributed by atoms with van der Waals surface area (Å²) in [5.74, 6) is 1.34. The maximum absolute atomic E-state index is 12.2. The molecule has 0 unspecified atom stereocenters. The van der Waals surface area contributed by atoms with Crippen LogP contribution in [-0.4, -0.2) is 35.4 Å². The predicted octanol–water partition coefficient (Wildman–Crippen LogP) is 1.74. The molecule has 0 radical (unpaired) electrons. The average Bonchev–Trinajstić information content (AvgIpc) is 3.18. The number of carbonyl (C=O) groups is 1. The Balaban J connectivity index is 1.67. The summed E-state index contributed by atoms with van der Waals surface area (Å²) in [5.41, 5.74) is 2.11. The molecule has 108 valence electrons. The first kappa shape index (κ1) is 12.3. The van der Waals surface area contributed by atoms with E-state index in [4.69, 9.17) is 9.47 Å². The number of nitrogens with one attached hydrogen (secondary N) is 2.